The lowest BCUT2D eigenvalue weighted by molar-refractivity contribution is -0.131. The molecule has 0 N–H and O–H groups in total. The summed E-state index contributed by atoms with van der Waals surface area (Å²) >= 11 is 5.83. The molecule has 1 aromatic heterocycles. The van der Waals surface area contributed by atoms with Gasteiger partial charge in [-0.15, -0.1) is 0 Å². The number of nitrogens with zero attached hydrogens (tertiary/aromatic N) is 3. The molecule has 2 aromatic rings. The third-order valence-electron chi connectivity index (χ3n) is 4.47. The Bertz CT molecular complexity index is 793. The average Bonchev–Trinajstić information content (AvgIpc) is 2.69. The van der Waals surface area contributed by atoms with E-state index in [4.69, 9.17) is 11.6 Å². The second-order valence-electron chi connectivity index (χ2n) is 6.13. The number of piperazine rings is 1. The number of rotatable bonds is 5. The van der Waals surface area contributed by atoms with Crippen molar-refractivity contribution in [3.8, 4) is 0 Å². The lowest BCUT2D eigenvalue weighted by Crippen LogP contribution is -2.48. The number of benzene rings is 1. The van der Waals surface area contributed by atoms with Crippen molar-refractivity contribution in [1.82, 2.24) is 9.88 Å². The van der Waals surface area contributed by atoms with Gasteiger partial charge in [0.2, 0.25) is 5.91 Å². The maximum atomic E-state index is 13.3. The minimum atomic E-state index is -0.442. The van der Waals surface area contributed by atoms with Crippen LogP contribution in [0.1, 0.15) is 23.2 Å². The highest BCUT2D eigenvalue weighted by atomic mass is 35.5. The molecule has 136 valence electrons. The van der Waals surface area contributed by atoms with E-state index in [1.54, 1.807) is 41.6 Å². The average molecular weight is 376 g/mol. The van der Waals surface area contributed by atoms with Crippen molar-refractivity contribution in [2.45, 2.75) is 12.8 Å². The highest BCUT2D eigenvalue weighted by Gasteiger charge is 2.22. The Morgan fingerprint density at radius 2 is 1.73 bits per heavy atom. The molecule has 0 aliphatic carbocycles. The monoisotopic (exact) mass is 375 g/mol. The highest BCUT2D eigenvalue weighted by Crippen LogP contribution is 2.23. The zero-order chi connectivity index (χ0) is 18.5. The summed E-state index contributed by atoms with van der Waals surface area (Å²) < 4.78 is 13.3. The van der Waals surface area contributed by atoms with Crippen LogP contribution < -0.4 is 4.90 Å². The number of aromatic nitrogens is 1. The fourth-order valence-corrected chi connectivity index (χ4v) is 3.13. The predicted octanol–water partition coefficient (Wildman–Crippen LogP) is 3.19. The molecule has 7 heteroatoms. The predicted molar refractivity (Wildman–Crippen MR) is 98.0 cm³/mol. The molecule has 1 aromatic carbocycles. The molecule has 1 saturated heterocycles. The molecule has 1 aliphatic heterocycles. The fourth-order valence-electron chi connectivity index (χ4n) is 2.96. The van der Waals surface area contributed by atoms with Crippen molar-refractivity contribution >= 4 is 29.0 Å². The summed E-state index contributed by atoms with van der Waals surface area (Å²) in [5.74, 6) is -0.521. The second kappa shape index (κ2) is 8.27. The van der Waals surface area contributed by atoms with E-state index in [2.05, 4.69) is 9.88 Å². The molecule has 0 bridgehead atoms. The number of anilines is 1. The van der Waals surface area contributed by atoms with E-state index in [0.29, 0.717) is 31.7 Å². The Kier molecular flexibility index (Phi) is 5.83. The van der Waals surface area contributed by atoms with Crippen LogP contribution in [0.3, 0.4) is 0 Å². The van der Waals surface area contributed by atoms with E-state index in [9.17, 15) is 14.0 Å². The molecule has 0 saturated carbocycles. The summed E-state index contributed by atoms with van der Waals surface area (Å²) in [5, 5.41) is 0.0932. The van der Waals surface area contributed by atoms with Crippen LogP contribution in [-0.2, 0) is 4.79 Å². The quantitative estimate of drug-likeness (QED) is 0.753. The molecule has 0 radical (unpaired) electrons. The van der Waals surface area contributed by atoms with Gasteiger partial charge in [0.25, 0.3) is 0 Å². The van der Waals surface area contributed by atoms with Crippen molar-refractivity contribution in [3.63, 3.8) is 0 Å². The van der Waals surface area contributed by atoms with Gasteiger partial charge in [-0.2, -0.15) is 0 Å². The third kappa shape index (κ3) is 4.38. The maximum absolute atomic E-state index is 13.3. The molecular weight excluding hydrogens is 357 g/mol. The Morgan fingerprint density at radius 3 is 2.38 bits per heavy atom. The van der Waals surface area contributed by atoms with E-state index in [-0.39, 0.29) is 29.6 Å². The van der Waals surface area contributed by atoms with E-state index >= 15 is 0 Å². The van der Waals surface area contributed by atoms with Crippen molar-refractivity contribution in [2.75, 3.05) is 31.1 Å². The molecule has 0 unspecified atom stereocenters. The first kappa shape index (κ1) is 18.3. The molecule has 1 aliphatic rings. The molecular formula is C19H19ClFN3O2. The lowest BCUT2D eigenvalue weighted by atomic mass is 10.1. The molecule has 0 spiro atoms. The van der Waals surface area contributed by atoms with Gasteiger partial charge in [0.05, 0.1) is 5.02 Å². The van der Waals surface area contributed by atoms with Gasteiger partial charge in [-0.1, -0.05) is 11.6 Å². The summed E-state index contributed by atoms with van der Waals surface area (Å²) in [6, 6.07) is 7.94. The van der Waals surface area contributed by atoms with Gasteiger partial charge in [-0.25, -0.2) is 4.39 Å². The van der Waals surface area contributed by atoms with Gasteiger partial charge in [-0.3, -0.25) is 14.6 Å². The summed E-state index contributed by atoms with van der Waals surface area (Å²) in [6.45, 7) is 2.42. The van der Waals surface area contributed by atoms with Gasteiger partial charge in [0, 0.05) is 62.7 Å². The van der Waals surface area contributed by atoms with Crippen molar-refractivity contribution in [1.29, 1.82) is 0 Å². The number of amides is 1. The zero-order valence-corrected chi connectivity index (χ0v) is 15.0. The van der Waals surface area contributed by atoms with Gasteiger partial charge in [0.1, 0.15) is 5.82 Å². The fraction of sp³-hybridized carbons (Fsp3) is 0.316. The maximum Gasteiger partial charge on any atom is 0.223 e. The topological polar surface area (TPSA) is 53.5 Å². The van der Waals surface area contributed by atoms with Crippen LogP contribution in [0, 0.1) is 5.82 Å². The molecule has 1 amide bonds. The van der Waals surface area contributed by atoms with Crippen LogP contribution in [0.4, 0.5) is 10.1 Å². The van der Waals surface area contributed by atoms with E-state index in [1.807, 2.05) is 0 Å². The number of carbonyl (C=O) groups excluding carboxylic acids is 2. The second-order valence-corrected chi connectivity index (χ2v) is 6.53. The van der Waals surface area contributed by atoms with E-state index in [1.165, 1.54) is 6.07 Å². The first-order valence-corrected chi connectivity index (χ1v) is 8.83. The Labute approximate surface area is 156 Å². The number of ketones is 1. The summed E-state index contributed by atoms with van der Waals surface area (Å²) in [4.78, 5) is 32.1. The molecule has 2 heterocycles. The standard InChI is InChI=1S/C19H19ClFN3O2/c20-16-13-15(1-2-17(16)21)23-9-11-24(12-10-23)19(26)4-3-18(25)14-5-7-22-8-6-14/h1-2,5-8,13H,3-4,9-12H2. The third-order valence-corrected chi connectivity index (χ3v) is 4.76. The van der Waals surface area contributed by atoms with E-state index in [0.717, 1.165) is 5.69 Å². The molecule has 1 fully saturated rings. The van der Waals surface area contributed by atoms with Gasteiger partial charge in [0.15, 0.2) is 5.78 Å². The first-order chi connectivity index (χ1) is 12.5. The van der Waals surface area contributed by atoms with Crippen LogP contribution in [-0.4, -0.2) is 47.8 Å². The number of pyridine rings is 1. The minimum Gasteiger partial charge on any atom is -0.368 e. The molecule has 26 heavy (non-hydrogen) atoms. The number of hydrogen-bond acceptors (Lipinski definition) is 4. The smallest absolute Gasteiger partial charge is 0.223 e. The van der Waals surface area contributed by atoms with Crippen LogP contribution in [0.25, 0.3) is 0 Å². The van der Waals surface area contributed by atoms with Crippen molar-refractivity contribution in [3.05, 3.63) is 59.1 Å². The van der Waals surface area contributed by atoms with Crippen molar-refractivity contribution in [2.24, 2.45) is 0 Å². The molecule has 3 rings (SSSR count). The van der Waals surface area contributed by atoms with Crippen molar-refractivity contribution < 1.29 is 14.0 Å². The number of carbonyl (C=O) groups is 2. The first-order valence-electron chi connectivity index (χ1n) is 8.45. The summed E-state index contributed by atoms with van der Waals surface area (Å²) in [6.07, 6.45) is 3.52. The molecule has 5 nitrogen and oxygen atoms in total. The summed E-state index contributed by atoms with van der Waals surface area (Å²) in [5.41, 5.74) is 1.42. The largest absolute Gasteiger partial charge is 0.368 e. The number of halogens is 2. The Balaban J connectivity index is 1.49. The van der Waals surface area contributed by atoms with Gasteiger partial charge >= 0.3 is 0 Å². The van der Waals surface area contributed by atoms with Crippen LogP contribution in [0.15, 0.2) is 42.7 Å². The van der Waals surface area contributed by atoms with Gasteiger partial charge < -0.3 is 9.80 Å². The highest BCUT2D eigenvalue weighted by molar-refractivity contribution is 6.31. The SMILES string of the molecule is O=C(CCC(=O)N1CCN(c2ccc(F)c(Cl)c2)CC1)c1ccncc1. The van der Waals surface area contributed by atoms with Gasteiger partial charge in [-0.05, 0) is 30.3 Å². The number of Topliss-reactive ketones (excluding diaryl/α,β-unsaturated/α-hetero) is 1. The lowest BCUT2D eigenvalue weighted by Gasteiger charge is -2.36. The normalized spacial score (nSPS) is 14.4. The minimum absolute atomic E-state index is 0.0239. The van der Waals surface area contributed by atoms with Crippen LogP contribution in [0.2, 0.25) is 5.02 Å². The molecule has 0 atom stereocenters. The Hall–Kier alpha value is -2.47. The van der Waals surface area contributed by atoms with Crippen LogP contribution >= 0.6 is 11.6 Å². The zero-order valence-electron chi connectivity index (χ0n) is 14.2. The van der Waals surface area contributed by atoms with E-state index < -0.39 is 5.82 Å². The van der Waals surface area contributed by atoms with Crippen LogP contribution in [0.5, 0.6) is 0 Å². The Morgan fingerprint density at radius 1 is 1.04 bits per heavy atom. The number of hydrogen-bond donors (Lipinski definition) is 0. The summed E-state index contributed by atoms with van der Waals surface area (Å²) in [7, 11) is 0.